The fourth-order valence-corrected chi connectivity index (χ4v) is 1.70. The average molecular weight is 251 g/mol. The van der Waals surface area contributed by atoms with E-state index in [1.54, 1.807) is 0 Å². The second-order valence-electron chi connectivity index (χ2n) is 4.40. The number of hydrogen-bond acceptors (Lipinski definition) is 3. The van der Waals surface area contributed by atoms with Crippen molar-refractivity contribution in [2.45, 2.75) is 38.6 Å². The van der Waals surface area contributed by atoms with Gasteiger partial charge in [-0.15, -0.1) is 0 Å². The van der Waals surface area contributed by atoms with Crippen molar-refractivity contribution >= 4 is 5.97 Å². The van der Waals surface area contributed by atoms with Gasteiger partial charge in [0, 0.05) is 18.0 Å². The summed E-state index contributed by atoms with van der Waals surface area (Å²) in [5.74, 6) is -0.259. The topological polar surface area (TPSA) is 77.0 Å². The van der Waals surface area contributed by atoms with E-state index in [0.29, 0.717) is 0 Å². The number of hydrogen-bond donors (Lipinski definition) is 1. The molecule has 1 atom stereocenters. The molecule has 0 bridgehead atoms. The molecule has 0 aliphatic rings. The van der Waals surface area contributed by atoms with Crippen LogP contribution in [0.2, 0.25) is 0 Å². The highest BCUT2D eigenvalue weighted by atomic mass is 16.5. The molecule has 1 aromatic carbocycles. The molecule has 0 saturated carbocycles. The summed E-state index contributed by atoms with van der Waals surface area (Å²) in [4.78, 5) is 10.5. The Morgan fingerprint density at radius 1 is 1.33 bits per heavy atom. The molecule has 4 heteroatoms. The zero-order valence-electron chi connectivity index (χ0n) is 10.9. The standard InChI is InChI=1S/C14H21NO3/c1-2-3-4-9-18-12-7-5-11(6-8-12)13(15)10-14(16)17/h5-8,13H,2-4,9-10,15H2,1H3,(H,16,17)/t13-/m1/s1. The molecule has 1 rings (SSSR count). The van der Waals surface area contributed by atoms with Crippen molar-refractivity contribution in [3.63, 3.8) is 0 Å². The zero-order chi connectivity index (χ0) is 13.4. The van der Waals surface area contributed by atoms with Gasteiger partial charge in [0.2, 0.25) is 0 Å². The first kappa shape index (κ1) is 14.5. The molecule has 0 aliphatic carbocycles. The van der Waals surface area contributed by atoms with E-state index in [9.17, 15) is 9.90 Å². The van der Waals surface area contributed by atoms with Crippen LogP contribution in [0.4, 0.5) is 0 Å². The van der Waals surface area contributed by atoms with Gasteiger partial charge in [-0.05, 0) is 30.7 Å². The third-order valence-electron chi connectivity index (χ3n) is 2.78. The smallest absolute Gasteiger partial charge is 0.119 e. The maximum absolute atomic E-state index is 10.5. The second kappa shape index (κ2) is 7.71. The number of ether oxygens (including phenoxy) is 1. The molecule has 4 nitrogen and oxygen atoms in total. The Morgan fingerprint density at radius 2 is 2.00 bits per heavy atom. The van der Waals surface area contributed by atoms with E-state index in [0.717, 1.165) is 24.3 Å². The Bertz CT molecular complexity index is 362. The minimum atomic E-state index is -1.07. The van der Waals surface area contributed by atoms with Crippen LogP contribution < -0.4 is 15.6 Å². The first-order valence-corrected chi connectivity index (χ1v) is 6.39. The summed E-state index contributed by atoms with van der Waals surface area (Å²) < 4.78 is 5.57. The molecular weight excluding hydrogens is 230 g/mol. The second-order valence-corrected chi connectivity index (χ2v) is 4.40. The van der Waals surface area contributed by atoms with Gasteiger partial charge in [0.1, 0.15) is 11.8 Å². The molecule has 0 aliphatic heterocycles. The number of carbonyl (C=O) groups excluding carboxylic acids is 1. The van der Waals surface area contributed by atoms with E-state index in [2.05, 4.69) is 12.7 Å². The molecule has 0 aromatic heterocycles. The predicted molar refractivity (Wildman–Crippen MR) is 66.7 cm³/mol. The van der Waals surface area contributed by atoms with Crippen molar-refractivity contribution in [2.75, 3.05) is 6.61 Å². The van der Waals surface area contributed by atoms with Crippen molar-refractivity contribution in [1.29, 1.82) is 0 Å². The lowest BCUT2D eigenvalue weighted by Crippen LogP contribution is -2.55. The first-order chi connectivity index (χ1) is 8.63. The van der Waals surface area contributed by atoms with Gasteiger partial charge in [0.15, 0.2) is 0 Å². The maximum atomic E-state index is 10.5. The lowest BCUT2D eigenvalue weighted by atomic mass is 10.0. The molecule has 0 saturated heterocycles. The molecule has 0 amide bonds. The molecule has 0 fully saturated rings. The summed E-state index contributed by atoms with van der Waals surface area (Å²) in [5, 5.41) is 10.5. The minimum Gasteiger partial charge on any atom is -0.550 e. The molecule has 18 heavy (non-hydrogen) atoms. The van der Waals surface area contributed by atoms with Crippen LogP contribution in [0.5, 0.6) is 5.75 Å². The summed E-state index contributed by atoms with van der Waals surface area (Å²) in [6.07, 6.45) is 3.34. The monoisotopic (exact) mass is 251 g/mol. The van der Waals surface area contributed by atoms with E-state index in [1.165, 1.54) is 12.8 Å². The van der Waals surface area contributed by atoms with E-state index in [1.807, 2.05) is 24.3 Å². The Hall–Kier alpha value is -1.55. The first-order valence-electron chi connectivity index (χ1n) is 6.39. The van der Waals surface area contributed by atoms with Crippen molar-refractivity contribution in [1.82, 2.24) is 0 Å². The van der Waals surface area contributed by atoms with Crippen LogP contribution in [0.3, 0.4) is 0 Å². The van der Waals surface area contributed by atoms with E-state index >= 15 is 0 Å². The van der Waals surface area contributed by atoms with E-state index in [4.69, 9.17) is 4.74 Å². The van der Waals surface area contributed by atoms with Crippen LogP contribution in [0.1, 0.15) is 44.2 Å². The Labute approximate surface area is 108 Å². The number of carbonyl (C=O) groups is 1. The largest absolute Gasteiger partial charge is 0.550 e. The summed E-state index contributed by atoms with van der Waals surface area (Å²) in [6.45, 7) is 2.88. The van der Waals surface area contributed by atoms with Crippen LogP contribution in [0.25, 0.3) is 0 Å². The average Bonchev–Trinajstić information content (AvgIpc) is 2.34. The highest BCUT2D eigenvalue weighted by molar-refractivity contribution is 5.65. The van der Waals surface area contributed by atoms with Crippen LogP contribution >= 0.6 is 0 Å². The number of aliphatic carboxylic acids is 1. The van der Waals surface area contributed by atoms with Gasteiger partial charge in [-0.1, -0.05) is 19.8 Å². The van der Waals surface area contributed by atoms with Crippen LogP contribution in [-0.4, -0.2) is 12.6 Å². The summed E-state index contributed by atoms with van der Waals surface area (Å²) >= 11 is 0. The SMILES string of the molecule is CCCCCOc1ccc([C@H]([NH3+])CC(=O)[O-])cc1. The lowest BCUT2D eigenvalue weighted by Gasteiger charge is -2.11. The van der Waals surface area contributed by atoms with Crippen molar-refractivity contribution in [3.05, 3.63) is 29.8 Å². The lowest BCUT2D eigenvalue weighted by molar-refractivity contribution is -0.430. The number of carboxylic acids is 1. The Kier molecular flexibility index (Phi) is 6.22. The van der Waals surface area contributed by atoms with Crippen molar-refractivity contribution in [3.8, 4) is 5.75 Å². The zero-order valence-corrected chi connectivity index (χ0v) is 10.9. The van der Waals surface area contributed by atoms with Crippen LogP contribution in [0, 0.1) is 0 Å². The summed E-state index contributed by atoms with van der Waals surface area (Å²) in [7, 11) is 0. The molecule has 100 valence electrons. The Balaban J connectivity index is 2.44. The minimum absolute atomic E-state index is 0.0588. The number of benzene rings is 1. The molecular formula is C14H21NO3. The number of unbranched alkanes of at least 4 members (excludes halogenated alkanes) is 2. The molecule has 3 N–H and O–H groups in total. The molecule has 0 unspecified atom stereocenters. The Morgan fingerprint density at radius 3 is 2.56 bits per heavy atom. The van der Waals surface area contributed by atoms with E-state index in [-0.39, 0.29) is 12.5 Å². The normalized spacial score (nSPS) is 12.1. The summed E-state index contributed by atoms with van der Waals surface area (Å²) in [5.41, 5.74) is 4.69. The van der Waals surface area contributed by atoms with Crippen LogP contribution in [0.15, 0.2) is 24.3 Å². The van der Waals surface area contributed by atoms with Gasteiger partial charge in [-0.3, -0.25) is 0 Å². The number of carboxylic acid groups (broad SMARTS) is 1. The van der Waals surface area contributed by atoms with Gasteiger partial charge in [0.25, 0.3) is 0 Å². The number of quaternary nitrogens is 1. The molecule has 0 heterocycles. The molecule has 0 spiro atoms. The van der Waals surface area contributed by atoms with Gasteiger partial charge >= 0.3 is 0 Å². The van der Waals surface area contributed by atoms with Gasteiger partial charge in [-0.25, -0.2) is 0 Å². The number of rotatable bonds is 8. The van der Waals surface area contributed by atoms with Crippen molar-refractivity contribution < 1.29 is 20.4 Å². The molecule has 1 aromatic rings. The third kappa shape index (κ3) is 5.19. The fourth-order valence-electron chi connectivity index (χ4n) is 1.70. The van der Waals surface area contributed by atoms with Gasteiger partial charge in [0.05, 0.1) is 6.61 Å². The maximum Gasteiger partial charge on any atom is 0.119 e. The molecule has 0 radical (unpaired) electrons. The van der Waals surface area contributed by atoms with E-state index < -0.39 is 5.97 Å². The highest BCUT2D eigenvalue weighted by Crippen LogP contribution is 2.17. The highest BCUT2D eigenvalue weighted by Gasteiger charge is 2.09. The quantitative estimate of drug-likeness (QED) is 0.690. The predicted octanol–water partition coefficient (Wildman–Crippen LogP) is 0.679. The fraction of sp³-hybridized carbons (Fsp3) is 0.500. The van der Waals surface area contributed by atoms with Crippen molar-refractivity contribution in [2.24, 2.45) is 0 Å². The van der Waals surface area contributed by atoms with Crippen LogP contribution in [-0.2, 0) is 4.79 Å². The van der Waals surface area contributed by atoms with Gasteiger partial charge < -0.3 is 20.4 Å². The summed E-state index contributed by atoms with van der Waals surface area (Å²) in [6, 6.07) is 7.15. The van der Waals surface area contributed by atoms with Gasteiger partial charge in [-0.2, -0.15) is 0 Å². The third-order valence-corrected chi connectivity index (χ3v) is 2.78.